The molecule has 112 valence electrons. The first-order valence-electron chi connectivity index (χ1n) is 7.45. The van der Waals surface area contributed by atoms with Crippen LogP contribution in [-0.2, 0) is 0 Å². The molecular formula is C16H20N2OS2. The monoisotopic (exact) mass is 320 g/mol. The zero-order valence-electron chi connectivity index (χ0n) is 12.5. The largest absolute Gasteiger partial charge is 0.338 e. The van der Waals surface area contributed by atoms with Gasteiger partial charge < -0.3 is 4.90 Å². The summed E-state index contributed by atoms with van der Waals surface area (Å²) in [4.78, 5) is 21.2. The van der Waals surface area contributed by atoms with Gasteiger partial charge in [-0.2, -0.15) is 0 Å². The molecule has 2 aromatic heterocycles. The number of carbonyl (C=O) groups excluding carboxylic acids is 1. The zero-order valence-corrected chi connectivity index (χ0v) is 14.1. The van der Waals surface area contributed by atoms with Crippen molar-refractivity contribution in [2.24, 2.45) is 0 Å². The lowest BCUT2D eigenvalue weighted by atomic mass is 9.94. The number of hydrogen-bond donors (Lipinski definition) is 0. The summed E-state index contributed by atoms with van der Waals surface area (Å²) in [6.07, 6.45) is 6.06. The summed E-state index contributed by atoms with van der Waals surface area (Å²) in [5.41, 5.74) is 0.857. The maximum absolute atomic E-state index is 12.7. The van der Waals surface area contributed by atoms with Gasteiger partial charge in [0, 0.05) is 13.1 Å². The van der Waals surface area contributed by atoms with Gasteiger partial charge in [-0.25, -0.2) is 4.98 Å². The second-order valence-corrected chi connectivity index (χ2v) is 7.57. The van der Waals surface area contributed by atoms with Gasteiger partial charge in [-0.05, 0) is 31.2 Å². The minimum Gasteiger partial charge on any atom is -0.338 e. The van der Waals surface area contributed by atoms with Crippen LogP contribution in [0.1, 0.15) is 47.5 Å². The molecule has 2 heterocycles. The van der Waals surface area contributed by atoms with Crippen LogP contribution in [0.25, 0.3) is 9.88 Å². The molecule has 1 aliphatic rings. The molecule has 1 fully saturated rings. The molecule has 0 bridgehead atoms. The molecule has 3 nitrogen and oxygen atoms in total. The second kappa shape index (κ2) is 6.28. The van der Waals surface area contributed by atoms with Crippen LogP contribution >= 0.6 is 22.7 Å². The highest BCUT2D eigenvalue weighted by Gasteiger charge is 2.26. The van der Waals surface area contributed by atoms with E-state index in [0.717, 1.165) is 33.3 Å². The van der Waals surface area contributed by atoms with Crippen LogP contribution in [0, 0.1) is 6.92 Å². The Hall–Kier alpha value is -1.20. The average Bonchev–Trinajstić information content (AvgIpc) is 3.16. The Balaban J connectivity index is 1.81. The smallest absolute Gasteiger partial charge is 0.265 e. The Bertz CT molecular complexity index is 612. The number of nitrogens with zero attached hydrogens (tertiary/aromatic N) is 2. The first-order valence-corrected chi connectivity index (χ1v) is 9.15. The summed E-state index contributed by atoms with van der Waals surface area (Å²) in [6.45, 7) is 1.94. The van der Waals surface area contributed by atoms with Crippen LogP contribution in [-0.4, -0.2) is 28.9 Å². The van der Waals surface area contributed by atoms with E-state index in [9.17, 15) is 4.79 Å². The van der Waals surface area contributed by atoms with Gasteiger partial charge in [0.05, 0.1) is 10.6 Å². The first kappa shape index (κ1) is 14.7. The quantitative estimate of drug-likeness (QED) is 0.829. The molecule has 0 radical (unpaired) electrons. The Morgan fingerprint density at radius 2 is 2.10 bits per heavy atom. The van der Waals surface area contributed by atoms with E-state index in [4.69, 9.17) is 0 Å². The van der Waals surface area contributed by atoms with Gasteiger partial charge >= 0.3 is 0 Å². The summed E-state index contributed by atoms with van der Waals surface area (Å²) in [5.74, 6) is 0.139. The average molecular weight is 320 g/mol. The second-order valence-electron chi connectivity index (χ2n) is 5.62. The fourth-order valence-electron chi connectivity index (χ4n) is 2.89. The molecule has 5 heteroatoms. The van der Waals surface area contributed by atoms with Crippen molar-refractivity contribution in [1.82, 2.24) is 9.88 Å². The van der Waals surface area contributed by atoms with Gasteiger partial charge in [0.15, 0.2) is 0 Å². The molecule has 0 N–H and O–H groups in total. The highest BCUT2D eigenvalue weighted by atomic mass is 32.1. The predicted octanol–water partition coefficient (Wildman–Crippen LogP) is 4.58. The standard InChI is InChI=1S/C16H20N2OS2/c1-11-14(21-15(17-11)13-9-6-10-20-13)16(19)18(2)12-7-4-3-5-8-12/h6,9-10,12H,3-5,7-8H2,1-2H3. The van der Waals surface area contributed by atoms with E-state index < -0.39 is 0 Å². The fourth-order valence-corrected chi connectivity index (χ4v) is 4.74. The third-order valence-corrected chi connectivity index (χ3v) is 6.35. The van der Waals surface area contributed by atoms with Gasteiger partial charge in [-0.15, -0.1) is 22.7 Å². The Morgan fingerprint density at radius 3 is 2.76 bits per heavy atom. The number of rotatable bonds is 3. The molecular weight excluding hydrogens is 300 g/mol. The first-order chi connectivity index (χ1) is 10.2. The molecule has 3 rings (SSSR count). The van der Waals surface area contributed by atoms with E-state index in [1.807, 2.05) is 30.3 Å². The van der Waals surface area contributed by atoms with Crippen molar-refractivity contribution in [3.63, 3.8) is 0 Å². The van der Waals surface area contributed by atoms with E-state index in [2.05, 4.69) is 11.1 Å². The number of carbonyl (C=O) groups is 1. The van der Waals surface area contributed by atoms with Gasteiger partial charge in [0.1, 0.15) is 9.88 Å². The molecule has 0 aliphatic heterocycles. The third kappa shape index (κ3) is 3.04. The van der Waals surface area contributed by atoms with Crippen LogP contribution in [0.3, 0.4) is 0 Å². The van der Waals surface area contributed by atoms with Crippen LogP contribution < -0.4 is 0 Å². The van der Waals surface area contributed by atoms with Gasteiger partial charge in [0.25, 0.3) is 5.91 Å². The number of aromatic nitrogens is 1. The summed E-state index contributed by atoms with van der Waals surface area (Å²) >= 11 is 3.20. The molecule has 1 amide bonds. The van der Waals surface area contributed by atoms with Gasteiger partial charge in [0.2, 0.25) is 0 Å². The Kier molecular flexibility index (Phi) is 4.40. The Morgan fingerprint density at radius 1 is 1.33 bits per heavy atom. The molecule has 0 atom stereocenters. The van der Waals surface area contributed by atoms with Crippen molar-refractivity contribution in [2.75, 3.05) is 7.05 Å². The summed E-state index contributed by atoms with van der Waals surface area (Å²) < 4.78 is 0. The molecule has 2 aromatic rings. The highest BCUT2D eigenvalue weighted by Crippen LogP contribution is 2.32. The predicted molar refractivity (Wildman–Crippen MR) is 89.1 cm³/mol. The molecule has 21 heavy (non-hydrogen) atoms. The SMILES string of the molecule is Cc1nc(-c2cccs2)sc1C(=O)N(C)C1CCCCC1. The van der Waals surface area contributed by atoms with Crippen LogP contribution in [0.2, 0.25) is 0 Å². The zero-order chi connectivity index (χ0) is 14.8. The summed E-state index contributed by atoms with van der Waals surface area (Å²) in [7, 11) is 1.95. The number of amides is 1. The van der Waals surface area contributed by atoms with E-state index >= 15 is 0 Å². The highest BCUT2D eigenvalue weighted by molar-refractivity contribution is 7.22. The lowest BCUT2D eigenvalue weighted by Gasteiger charge is -2.31. The van der Waals surface area contributed by atoms with Crippen LogP contribution in [0.15, 0.2) is 17.5 Å². The van der Waals surface area contributed by atoms with Crippen molar-refractivity contribution in [2.45, 2.75) is 45.1 Å². The normalized spacial score (nSPS) is 16.1. The molecule has 1 saturated carbocycles. The number of aryl methyl sites for hydroxylation is 1. The lowest BCUT2D eigenvalue weighted by molar-refractivity contribution is 0.0700. The van der Waals surface area contributed by atoms with Crippen molar-refractivity contribution in [3.05, 3.63) is 28.1 Å². The number of hydrogen-bond acceptors (Lipinski definition) is 4. The minimum absolute atomic E-state index is 0.139. The minimum atomic E-state index is 0.139. The fraction of sp³-hybridized carbons (Fsp3) is 0.500. The van der Waals surface area contributed by atoms with Crippen molar-refractivity contribution in [1.29, 1.82) is 0 Å². The lowest BCUT2D eigenvalue weighted by Crippen LogP contribution is -2.38. The van der Waals surface area contributed by atoms with E-state index in [-0.39, 0.29) is 5.91 Å². The molecule has 1 aliphatic carbocycles. The van der Waals surface area contributed by atoms with Gasteiger partial charge in [-0.1, -0.05) is 25.3 Å². The van der Waals surface area contributed by atoms with E-state index in [1.165, 1.54) is 30.6 Å². The van der Waals surface area contributed by atoms with E-state index in [0.29, 0.717) is 6.04 Å². The third-order valence-electron chi connectivity index (χ3n) is 4.17. The van der Waals surface area contributed by atoms with Crippen molar-refractivity contribution < 1.29 is 4.79 Å². The summed E-state index contributed by atoms with van der Waals surface area (Å²) in [6, 6.07) is 4.48. The maximum Gasteiger partial charge on any atom is 0.265 e. The van der Waals surface area contributed by atoms with Crippen molar-refractivity contribution in [3.8, 4) is 9.88 Å². The molecule has 0 aromatic carbocycles. The number of thiophene rings is 1. The topological polar surface area (TPSA) is 33.2 Å². The Labute approximate surface area is 133 Å². The summed E-state index contributed by atoms with van der Waals surface area (Å²) in [5, 5.41) is 3.00. The molecule has 0 unspecified atom stereocenters. The van der Waals surface area contributed by atoms with Crippen LogP contribution in [0.5, 0.6) is 0 Å². The van der Waals surface area contributed by atoms with E-state index in [1.54, 1.807) is 11.3 Å². The van der Waals surface area contributed by atoms with Crippen molar-refractivity contribution >= 4 is 28.6 Å². The molecule has 0 saturated heterocycles. The van der Waals surface area contributed by atoms with Gasteiger partial charge in [-0.3, -0.25) is 4.79 Å². The molecule has 0 spiro atoms. The van der Waals surface area contributed by atoms with Crippen LogP contribution in [0.4, 0.5) is 0 Å². The number of thiazole rings is 1. The maximum atomic E-state index is 12.7.